The van der Waals surface area contributed by atoms with Crippen molar-refractivity contribution in [2.45, 2.75) is 39.0 Å². The first-order chi connectivity index (χ1) is 12.5. The van der Waals surface area contributed by atoms with Gasteiger partial charge in [0.1, 0.15) is 5.01 Å². The highest BCUT2D eigenvalue weighted by molar-refractivity contribution is 7.15. The molecule has 1 aromatic carbocycles. The highest BCUT2D eigenvalue weighted by Crippen LogP contribution is 2.42. The molecule has 0 bridgehead atoms. The number of carbonyl (C=O) groups is 1. The monoisotopic (exact) mass is 387 g/mol. The average molecular weight is 388 g/mol. The first-order valence-electron chi connectivity index (χ1n) is 8.45. The van der Waals surface area contributed by atoms with Crippen molar-refractivity contribution < 1.29 is 4.79 Å². The van der Waals surface area contributed by atoms with E-state index in [1.54, 1.807) is 0 Å². The molecule has 1 aliphatic carbocycles. The number of hydrogen-bond donors (Lipinski definition) is 1. The zero-order valence-electron chi connectivity index (χ0n) is 14.5. The Bertz CT molecular complexity index is 959. The summed E-state index contributed by atoms with van der Waals surface area (Å²) in [6.07, 6.45) is 2.60. The second-order valence-electron chi connectivity index (χ2n) is 6.48. The lowest BCUT2D eigenvalue weighted by atomic mass is 10.1. The molecule has 0 saturated heterocycles. The molecule has 1 aliphatic rings. The fraction of sp³-hybridized carbons (Fsp3) is 0.333. The van der Waals surface area contributed by atoms with E-state index in [0.29, 0.717) is 16.1 Å². The molecule has 2 aromatic heterocycles. The van der Waals surface area contributed by atoms with Crippen molar-refractivity contribution in [2.24, 2.45) is 0 Å². The van der Waals surface area contributed by atoms with Gasteiger partial charge in [-0.1, -0.05) is 22.9 Å². The van der Waals surface area contributed by atoms with E-state index in [4.69, 9.17) is 11.6 Å². The Hall–Kier alpha value is -2.25. The average Bonchev–Trinajstić information content (AvgIpc) is 3.31. The highest BCUT2D eigenvalue weighted by Gasteiger charge is 2.27. The number of rotatable bonds is 5. The molecule has 4 rings (SSSR count). The number of amides is 1. The van der Waals surface area contributed by atoms with Crippen LogP contribution in [0.15, 0.2) is 24.3 Å². The molecule has 8 heteroatoms. The molecule has 1 amide bonds. The summed E-state index contributed by atoms with van der Waals surface area (Å²) in [5.74, 6) is 0.436. The number of nitrogens with zero attached hydrogens (tertiary/aromatic N) is 4. The van der Waals surface area contributed by atoms with Crippen LogP contribution in [0.25, 0.3) is 5.69 Å². The van der Waals surface area contributed by atoms with Gasteiger partial charge < -0.3 is 5.32 Å². The van der Waals surface area contributed by atoms with Gasteiger partial charge in [0.25, 0.3) is 0 Å². The summed E-state index contributed by atoms with van der Waals surface area (Å²) in [5, 5.41) is 17.9. The van der Waals surface area contributed by atoms with Gasteiger partial charge in [-0.15, -0.1) is 10.2 Å². The number of anilines is 1. The molecule has 1 N–H and O–H groups in total. The molecule has 134 valence electrons. The summed E-state index contributed by atoms with van der Waals surface area (Å²) < 4.78 is 1.84. The molecule has 0 aliphatic heterocycles. The van der Waals surface area contributed by atoms with E-state index in [0.717, 1.165) is 27.6 Å². The molecule has 3 aromatic rings. The van der Waals surface area contributed by atoms with Crippen molar-refractivity contribution in [3.63, 3.8) is 0 Å². The largest absolute Gasteiger partial charge is 0.300 e. The second kappa shape index (κ2) is 6.81. The first kappa shape index (κ1) is 17.2. The number of aromatic nitrogens is 4. The summed E-state index contributed by atoms with van der Waals surface area (Å²) in [4.78, 5) is 12.4. The molecule has 0 radical (unpaired) electrons. The zero-order chi connectivity index (χ0) is 18.3. The van der Waals surface area contributed by atoms with Gasteiger partial charge in [-0.05, 0) is 51.0 Å². The van der Waals surface area contributed by atoms with E-state index in [9.17, 15) is 4.79 Å². The number of carbonyl (C=O) groups excluding carboxylic acids is 1. The third-order valence-electron chi connectivity index (χ3n) is 4.46. The highest BCUT2D eigenvalue weighted by atomic mass is 35.5. The topological polar surface area (TPSA) is 72.7 Å². The van der Waals surface area contributed by atoms with Crippen molar-refractivity contribution in [3.8, 4) is 5.69 Å². The van der Waals surface area contributed by atoms with Crippen molar-refractivity contribution in [2.75, 3.05) is 5.32 Å². The SMILES string of the molecule is Cc1nn(-c2ccc(Cl)cc2)c(C)c1CC(=O)Nc1nnc(C2CC2)s1. The van der Waals surface area contributed by atoms with E-state index in [2.05, 4.69) is 20.6 Å². The van der Waals surface area contributed by atoms with Crippen molar-refractivity contribution in [3.05, 3.63) is 51.2 Å². The van der Waals surface area contributed by atoms with Gasteiger partial charge in [0, 0.05) is 22.2 Å². The van der Waals surface area contributed by atoms with Crippen LogP contribution in [0.1, 0.15) is 40.7 Å². The summed E-state index contributed by atoms with van der Waals surface area (Å²) in [5.41, 5.74) is 3.61. The normalized spacial score (nSPS) is 13.8. The molecule has 1 saturated carbocycles. The van der Waals surface area contributed by atoms with Crippen LogP contribution in [0, 0.1) is 13.8 Å². The van der Waals surface area contributed by atoms with Gasteiger partial charge in [0.2, 0.25) is 11.0 Å². The standard InChI is InChI=1S/C18H18ClN5OS/c1-10-15(11(2)24(23-10)14-7-5-13(19)6-8-14)9-16(25)20-18-22-21-17(26-18)12-3-4-12/h5-8,12H,3-4,9H2,1-2H3,(H,20,22,25). The fourth-order valence-electron chi connectivity index (χ4n) is 2.87. The zero-order valence-corrected chi connectivity index (χ0v) is 16.1. The van der Waals surface area contributed by atoms with Gasteiger partial charge in [-0.25, -0.2) is 4.68 Å². The fourth-order valence-corrected chi connectivity index (χ4v) is 3.92. The van der Waals surface area contributed by atoms with E-state index in [-0.39, 0.29) is 12.3 Å². The lowest BCUT2D eigenvalue weighted by molar-refractivity contribution is -0.115. The second-order valence-corrected chi connectivity index (χ2v) is 7.93. The Morgan fingerprint density at radius 2 is 2.00 bits per heavy atom. The van der Waals surface area contributed by atoms with Crippen LogP contribution in [0.4, 0.5) is 5.13 Å². The number of nitrogens with one attached hydrogen (secondary N) is 1. The number of halogens is 1. The van der Waals surface area contributed by atoms with E-state index < -0.39 is 0 Å². The lowest BCUT2D eigenvalue weighted by Gasteiger charge is -2.06. The Morgan fingerprint density at radius 1 is 1.27 bits per heavy atom. The minimum absolute atomic E-state index is 0.106. The maximum atomic E-state index is 12.4. The Balaban J connectivity index is 1.50. The van der Waals surface area contributed by atoms with Gasteiger partial charge >= 0.3 is 0 Å². The van der Waals surface area contributed by atoms with Crippen LogP contribution in [-0.2, 0) is 11.2 Å². The molecule has 6 nitrogen and oxygen atoms in total. The Labute approximate surface area is 160 Å². The van der Waals surface area contributed by atoms with Crippen molar-refractivity contribution in [1.82, 2.24) is 20.0 Å². The predicted octanol–water partition coefficient (Wildman–Crippen LogP) is 4.05. The first-order valence-corrected chi connectivity index (χ1v) is 9.65. The summed E-state index contributed by atoms with van der Waals surface area (Å²) in [6.45, 7) is 3.88. The molecule has 0 spiro atoms. The van der Waals surface area contributed by atoms with Gasteiger partial charge in [0.15, 0.2) is 0 Å². The maximum absolute atomic E-state index is 12.4. The molecule has 26 heavy (non-hydrogen) atoms. The summed E-state index contributed by atoms with van der Waals surface area (Å²) >= 11 is 7.42. The van der Waals surface area contributed by atoms with E-state index in [1.807, 2.05) is 42.8 Å². The molecular formula is C18H18ClN5OS. The van der Waals surface area contributed by atoms with Crippen LogP contribution in [0.3, 0.4) is 0 Å². The third-order valence-corrected chi connectivity index (χ3v) is 5.72. The number of aryl methyl sites for hydroxylation is 1. The van der Waals surface area contributed by atoms with E-state index >= 15 is 0 Å². The molecule has 0 atom stereocenters. The minimum Gasteiger partial charge on any atom is -0.300 e. The van der Waals surface area contributed by atoms with Crippen molar-refractivity contribution in [1.29, 1.82) is 0 Å². The molecule has 2 heterocycles. The number of benzene rings is 1. The van der Waals surface area contributed by atoms with Gasteiger partial charge in [0.05, 0.1) is 17.8 Å². The maximum Gasteiger partial charge on any atom is 0.230 e. The molecule has 1 fully saturated rings. The van der Waals surface area contributed by atoms with Crippen LogP contribution in [0.2, 0.25) is 5.02 Å². The molecule has 0 unspecified atom stereocenters. The predicted molar refractivity (Wildman–Crippen MR) is 102 cm³/mol. The summed E-state index contributed by atoms with van der Waals surface area (Å²) in [7, 11) is 0. The van der Waals surface area contributed by atoms with Crippen LogP contribution in [0.5, 0.6) is 0 Å². The molecular weight excluding hydrogens is 370 g/mol. The van der Waals surface area contributed by atoms with Crippen molar-refractivity contribution >= 4 is 34.0 Å². The Kier molecular flexibility index (Phi) is 4.50. The summed E-state index contributed by atoms with van der Waals surface area (Å²) in [6, 6.07) is 7.47. The number of hydrogen-bond acceptors (Lipinski definition) is 5. The third kappa shape index (κ3) is 3.50. The lowest BCUT2D eigenvalue weighted by Crippen LogP contribution is -2.15. The van der Waals surface area contributed by atoms with Gasteiger partial charge in [-0.3, -0.25) is 4.79 Å². The van der Waals surface area contributed by atoms with Crippen LogP contribution >= 0.6 is 22.9 Å². The smallest absolute Gasteiger partial charge is 0.230 e. The van der Waals surface area contributed by atoms with Gasteiger partial charge in [-0.2, -0.15) is 5.10 Å². The quantitative estimate of drug-likeness (QED) is 0.716. The Morgan fingerprint density at radius 3 is 2.69 bits per heavy atom. The van der Waals surface area contributed by atoms with E-state index in [1.165, 1.54) is 24.2 Å². The minimum atomic E-state index is -0.106. The van der Waals surface area contributed by atoms with Crippen LogP contribution < -0.4 is 5.32 Å². The van der Waals surface area contributed by atoms with Crippen LogP contribution in [-0.4, -0.2) is 25.9 Å².